The number of carbonyl (C=O) groups excluding carboxylic acids is 1. The van der Waals surface area contributed by atoms with Crippen LogP contribution in [0.5, 0.6) is 0 Å². The first-order valence-corrected chi connectivity index (χ1v) is 23.1. The van der Waals surface area contributed by atoms with Crippen molar-refractivity contribution in [3.63, 3.8) is 0 Å². The van der Waals surface area contributed by atoms with Gasteiger partial charge in [-0.25, -0.2) is 0 Å². The standard InChI is InChI=1S/C32H56N8.C11H19NO/c1-2-10-18-17(9-1)25-33-26(18)38-28-21-13-5-6-14-22(21)30(35-28)40-32-24-16-8-7-15-23(24)31(36-32)39-29-20-12-4-3-11-19(20)27(34-29)37-25;1-7-4-5-8-10(2,3)11(8,6-7)9(12)13/h17-40H,1-16H2;7-8H,4-6H2,1-3H3,(H2,12,13). The minimum Gasteiger partial charge on any atom is -0.369 e. The van der Waals surface area contributed by atoms with Gasteiger partial charge in [0.05, 0.1) is 54.7 Å². The van der Waals surface area contributed by atoms with Crippen molar-refractivity contribution in [2.75, 3.05) is 0 Å². The number of nitrogens with one attached hydrogen (secondary N) is 8. The number of fused-ring (bicyclic) bond motifs is 21. The summed E-state index contributed by atoms with van der Waals surface area (Å²) in [6, 6.07) is 0. The molecule has 0 radical (unpaired) electrons. The highest BCUT2D eigenvalue weighted by atomic mass is 16.1. The Morgan fingerprint density at radius 3 is 0.887 bits per heavy atom. The molecule has 10 nitrogen and oxygen atoms in total. The van der Waals surface area contributed by atoms with Crippen molar-refractivity contribution >= 4 is 5.91 Å². The molecule has 6 aliphatic carbocycles. The monoisotopic (exact) mass is 734 g/mol. The Kier molecular flexibility index (Phi) is 9.78. The largest absolute Gasteiger partial charge is 0.369 e. The van der Waals surface area contributed by atoms with Crippen LogP contribution in [-0.2, 0) is 4.79 Å². The van der Waals surface area contributed by atoms with Crippen LogP contribution in [0.1, 0.15) is 143 Å². The lowest BCUT2D eigenvalue weighted by atomic mass is 9.76. The Bertz CT molecular complexity index is 1140. The predicted molar refractivity (Wildman–Crippen MR) is 209 cm³/mol. The summed E-state index contributed by atoms with van der Waals surface area (Å²) in [5.74, 6) is 7.14. The van der Waals surface area contributed by atoms with E-state index in [-0.39, 0.29) is 16.7 Å². The smallest absolute Gasteiger partial charge is 0.224 e. The Hall–Kier alpha value is -0.850. The average molecular weight is 734 g/mol. The van der Waals surface area contributed by atoms with Gasteiger partial charge in [-0.2, -0.15) is 0 Å². The third-order valence-corrected chi connectivity index (χ3v) is 18.4. The molecule has 0 aromatic heterocycles. The Morgan fingerprint density at radius 2 is 0.679 bits per heavy atom. The van der Waals surface area contributed by atoms with E-state index < -0.39 is 0 Å². The molecule has 5 saturated heterocycles. The third kappa shape index (κ3) is 6.12. The number of rotatable bonds is 1. The van der Waals surface area contributed by atoms with Crippen molar-refractivity contribution in [1.82, 2.24) is 42.5 Å². The summed E-state index contributed by atoms with van der Waals surface area (Å²) in [5, 5.41) is 33.8. The SMILES string of the molecule is C1CCC2C3NC(NC4NC(NC5NC(NC6NC(N3)C3CCCCC63)C3CCCCC53)C3CCCCC43)C2C1.CC1CCC2C(C)(C)C2(C(N)=O)C1. The van der Waals surface area contributed by atoms with Crippen LogP contribution in [0.25, 0.3) is 0 Å². The van der Waals surface area contributed by atoms with E-state index in [4.69, 9.17) is 5.73 Å². The average Bonchev–Trinajstić information content (AvgIpc) is 3.68. The molecule has 11 unspecified atom stereocenters. The number of carbonyl (C=O) groups is 1. The van der Waals surface area contributed by atoms with Gasteiger partial charge in [0.1, 0.15) is 0 Å². The van der Waals surface area contributed by atoms with E-state index >= 15 is 0 Å². The zero-order chi connectivity index (χ0) is 36.1. The van der Waals surface area contributed by atoms with E-state index in [0.29, 0.717) is 61.2 Å². The topological polar surface area (TPSA) is 139 Å². The number of amides is 1. The van der Waals surface area contributed by atoms with Gasteiger partial charge in [-0.1, -0.05) is 78.6 Å². The summed E-state index contributed by atoms with van der Waals surface area (Å²) in [4.78, 5) is 11.5. The molecule has 5 heterocycles. The number of hydrogen-bond donors (Lipinski definition) is 9. The van der Waals surface area contributed by atoms with Crippen molar-refractivity contribution in [3.8, 4) is 0 Å². The maximum Gasteiger partial charge on any atom is 0.224 e. The molecule has 11 fully saturated rings. The number of primary amides is 1. The quantitative estimate of drug-likeness (QED) is 0.190. The van der Waals surface area contributed by atoms with Crippen molar-refractivity contribution in [1.29, 1.82) is 0 Å². The van der Waals surface area contributed by atoms with Crippen molar-refractivity contribution in [3.05, 3.63) is 0 Å². The van der Waals surface area contributed by atoms with Crippen LogP contribution in [0.15, 0.2) is 0 Å². The zero-order valence-electron chi connectivity index (χ0n) is 33.3. The van der Waals surface area contributed by atoms with Crippen molar-refractivity contribution in [2.45, 2.75) is 192 Å². The van der Waals surface area contributed by atoms with E-state index in [0.717, 1.165) is 53.8 Å². The van der Waals surface area contributed by atoms with Crippen molar-refractivity contribution < 1.29 is 4.79 Å². The Morgan fingerprint density at radius 1 is 0.434 bits per heavy atom. The van der Waals surface area contributed by atoms with Gasteiger partial charge in [-0.05, 0) is 129 Å². The van der Waals surface area contributed by atoms with Gasteiger partial charge in [-0.15, -0.1) is 0 Å². The van der Waals surface area contributed by atoms with Crippen LogP contribution in [0.4, 0.5) is 0 Å². The van der Waals surface area contributed by atoms with Crippen LogP contribution in [0.2, 0.25) is 0 Å². The molecule has 11 atom stereocenters. The maximum atomic E-state index is 11.5. The minimum atomic E-state index is -0.148. The highest BCUT2D eigenvalue weighted by molar-refractivity contribution is 5.86. The first-order chi connectivity index (χ1) is 25.7. The second kappa shape index (κ2) is 14.2. The molecule has 6 saturated carbocycles. The van der Waals surface area contributed by atoms with E-state index in [1.165, 1.54) is 116 Å². The van der Waals surface area contributed by atoms with Gasteiger partial charge in [0.2, 0.25) is 5.91 Å². The Labute approximate surface area is 320 Å². The molecule has 11 rings (SSSR count). The van der Waals surface area contributed by atoms with Crippen LogP contribution in [-0.4, -0.2) is 55.2 Å². The van der Waals surface area contributed by atoms with E-state index in [1.807, 2.05) is 0 Å². The molecule has 8 bridgehead atoms. The van der Waals surface area contributed by atoms with Gasteiger partial charge in [0, 0.05) is 0 Å². The molecular weight excluding hydrogens is 659 g/mol. The molecular formula is C43H75N9O. The summed E-state index contributed by atoms with van der Waals surface area (Å²) in [5.41, 5.74) is 5.56. The third-order valence-electron chi connectivity index (χ3n) is 18.4. The molecule has 5 aliphatic heterocycles. The molecule has 0 spiro atoms. The molecule has 53 heavy (non-hydrogen) atoms. The minimum absolute atomic E-state index is 0.0611. The summed E-state index contributed by atoms with van der Waals surface area (Å²) < 4.78 is 0. The molecule has 11 aliphatic rings. The highest BCUT2D eigenvalue weighted by Crippen LogP contribution is 2.75. The zero-order valence-corrected chi connectivity index (χ0v) is 33.3. The highest BCUT2D eigenvalue weighted by Gasteiger charge is 2.75. The van der Waals surface area contributed by atoms with Gasteiger partial charge in [-0.3, -0.25) is 47.3 Å². The predicted octanol–water partition coefficient (Wildman–Crippen LogP) is 4.54. The van der Waals surface area contributed by atoms with Crippen LogP contribution in [0.3, 0.4) is 0 Å². The lowest BCUT2D eigenvalue weighted by Gasteiger charge is -2.35. The summed E-state index contributed by atoms with van der Waals surface area (Å²) >= 11 is 0. The molecule has 10 heteroatoms. The first-order valence-electron chi connectivity index (χ1n) is 23.1. The Balaban J connectivity index is 0.000000228. The summed E-state index contributed by atoms with van der Waals surface area (Å²) in [7, 11) is 0. The first kappa shape index (κ1) is 36.5. The molecule has 298 valence electrons. The molecule has 10 N–H and O–H groups in total. The van der Waals surface area contributed by atoms with Gasteiger partial charge < -0.3 is 5.73 Å². The fourth-order valence-corrected chi connectivity index (χ4v) is 15.6. The van der Waals surface area contributed by atoms with Gasteiger partial charge in [0.15, 0.2) is 0 Å². The summed E-state index contributed by atoms with van der Waals surface area (Å²) in [6.07, 6.45) is 29.0. The van der Waals surface area contributed by atoms with Crippen LogP contribution >= 0.6 is 0 Å². The lowest BCUT2D eigenvalue weighted by Crippen LogP contribution is -2.61. The second-order valence-corrected chi connectivity index (χ2v) is 21.1. The van der Waals surface area contributed by atoms with E-state index in [9.17, 15) is 4.79 Å². The number of hydrogen-bond acceptors (Lipinski definition) is 9. The normalized spacial score (nSPS) is 54.9. The number of nitrogens with two attached hydrogens (primary N) is 1. The molecule has 1 amide bonds. The second-order valence-electron chi connectivity index (χ2n) is 21.1. The summed E-state index contributed by atoms with van der Waals surface area (Å²) in [6.45, 7) is 6.62. The van der Waals surface area contributed by atoms with Gasteiger partial charge in [0.25, 0.3) is 0 Å². The van der Waals surface area contributed by atoms with E-state index in [2.05, 4.69) is 63.3 Å². The van der Waals surface area contributed by atoms with Crippen molar-refractivity contribution in [2.24, 2.45) is 75.7 Å². The van der Waals surface area contributed by atoms with Crippen LogP contribution < -0.4 is 48.3 Å². The molecule has 0 aromatic rings. The van der Waals surface area contributed by atoms with E-state index in [1.54, 1.807) is 0 Å². The fraction of sp³-hybridized carbons (Fsp3) is 0.977. The fourth-order valence-electron chi connectivity index (χ4n) is 15.6. The van der Waals surface area contributed by atoms with Gasteiger partial charge >= 0.3 is 0 Å². The maximum absolute atomic E-state index is 11.5. The molecule has 0 aromatic carbocycles. The lowest BCUT2D eigenvalue weighted by molar-refractivity contribution is -0.125. The van der Waals surface area contributed by atoms with Crippen LogP contribution in [0, 0.1) is 70.0 Å².